The van der Waals surface area contributed by atoms with Crippen LogP contribution in [0, 0.1) is 17.8 Å². The average Bonchev–Trinajstić information content (AvgIpc) is 3.58. The minimum atomic E-state index is -1.72. The van der Waals surface area contributed by atoms with Crippen molar-refractivity contribution in [3.63, 3.8) is 0 Å². The van der Waals surface area contributed by atoms with Crippen molar-refractivity contribution < 1.29 is 29.2 Å². The molecule has 194 valence electrons. The normalized spacial score (nSPS) is 40.1. The van der Waals surface area contributed by atoms with E-state index in [1.807, 2.05) is 6.08 Å². The number of nitrogens with two attached hydrogens (primary N) is 2. The first kappa shape index (κ1) is 25.1. The topological polar surface area (TPSA) is 116 Å². The summed E-state index contributed by atoms with van der Waals surface area (Å²) in [5.41, 5.74) is 4.20. The highest BCUT2D eigenvalue weighted by atomic mass is 16.7. The Labute approximate surface area is 208 Å². The fourth-order valence-electron chi connectivity index (χ4n) is 7.30. The maximum atomic E-state index is 13.8. The molecule has 2 saturated heterocycles. The van der Waals surface area contributed by atoms with Gasteiger partial charge in [-0.2, -0.15) is 0 Å². The number of rotatable bonds is 7. The summed E-state index contributed by atoms with van der Waals surface area (Å²) in [5, 5.41) is 2.21. The number of carbonyl (C=O) groups excluding carboxylic acids is 3. The Morgan fingerprint density at radius 1 is 1.06 bits per heavy atom. The molecule has 0 aromatic carbocycles. The number of fused-ring (bicyclic) bond motifs is 2. The zero-order valence-corrected chi connectivity index (χ0v) is 21.3. The van der Waals surface area contributed by atoms with E-state index in [4.69, 9.17) is 15.2 Å². The lowest BCUT2D eigenvalue weighted by Crippen LogP contribution is -2.94. The summed E-state index contributed by atoms with van der Waals surface area (Å²) < 4.78 is 12.0. The maximum Gasteiger partial charge on any atom is 0.350 e. The second-order valence-corrected chi connectivity index (χ2v) is 11.9. The van der Waals surface area contributed by atoms with Crippen LogP contribution in [-0.4, -0.2) is 47.6 Å². The number of esters is 1. The quantitative estimate of drug-likeness (QED) is 0.247. The fraction of sp³-hybridized carbons (Fsp3) is 0.821. The van der Waals surface area contributed by atoms with E-state index in [-0.39, 0.29) is 36.2 Å². The third-order valence-electron chi connectivity index (χ3n) is 9.49. The van der Waals surface area contributed by atoms with Gasteiger partial charge in [0.1, 0.15) is 12.3 Å². The summed E-state index contributed by atoms with van der Waals surface area (Å²) in [6.07, 6.45) is 14.7. The number of Topliss-reactive ketones (excluding diaryl/α,β-unsaturated/α-hetero) is 2. The molecule has 0 aromatic rings. The number of quaternary nitrogens is 1. The molecule has 2 heterocycles. The van der Waals surface area contributed by atoms with Crippen LogP contribution in [0.25, 0.3) is 0 Å². The van der Waals surface area contributed by atoms with Gasteiger partial charge in [-0.1, -0.05) is 30.9 Å². The van der Waals surface area contributed by atoms with Crippen LogP contribution in [0.3, 0.4) is 0 Å². The second-order valence-electron chi connectivity index (χ2n) is 11.9. The van der Waals surface area contributed by atoms with Crippen LogP contribution >= 0.6 is 0 Å². The molecule has 35 heavy (non-hydrogen) atoms. The number of hydrogen-bond acceptors (Lipinski definition) is 6. The molecular formula is C28H43N2O5+. The first-order chi connectivity index (χ1) is 16.9. The van der Waals surface area contributed by atoms with Gasteiger partial charge in [-0.3, -0.25) is 15.3 Å². The summed E-state index contributed by atoms with van der Waals surface area (Å²) in [5.74, 6) is -0.933. The third kappa shape index (κ3) is 4.53. The van der Waals surface area contributed by atoms with Gasteiger partial charge in [0.15, 0.2) is 17.2 Å². The smallest absolute Gasteiger partial charge is 0.350 e. The molecule has 0 bridgehead atoms. The molecule has 6 unspecified atom stereocenters. The van der Waals surface area contributed by atoms with Crippen LogP contribution in [0.15, 0.2) is 11.6 Å². The van der Waals surface area contributed by atoms with Crippen LogP contribution in [0.1, 0.15) is 96.8 Å². The van der Waals surface area contributed by atoms with Crippen molar-refractivity contribution in [3.05, 3.63) is 11.6 Å². The molecule has 7 heteroatoms. The Bertz CT molecular complexity index is 881. The van der Waals surface area contributed by atoms with Gasteiger partial charge in [0, 0.05) is 24.7 Å². The van der Waals surface area contributed by atoms with Crippen LogP contribution < -0.4 is 11.1 Å². The highest BCUT2D eigenvalue weighted by molar-refractivity contribution is 6.23. The van der Waals surface area contributed by atoms with Crippen molar-refractivity contribution in [2.45, 2.75) is 120 Å². The molecule has 3 saturated carbocycles. The Kier molecular flexibility index (Phi) is 7.21. The molecule has 7 nitrogen and oxygen atoms in total. The van der Waals surface area contributed by atoms with Crippen molar-refractivity contribution in [3.8, 4) is 0 Å². The van der Waals surface area contributed by atoms with E-state index < -0.39 is 23.1 Å². The van der Waals surface area contributed by atoms with E-state index in [9.17, 15) is 14.4 Å². The van der Waals surface area contributed by atoms with Crippen molar-refractivity contribution in [2.24, 2.45) is 23.5 Å². The Balaban J connectivity index is 1.32. The molecule has 0 amide bonds. The van der Waals surface area contributed by atoms with Gasteiger partial charge in [-0.05, 0) is 70.6 Å². The minimum Gasteiger partial charge on any atom is -0.460 e. The zero-order chi connectivity index (χ0) is 24.6. The van der Waals surface area contributed by atoms with Gasteiger partial charge >= 0.3 is 5.97 Å². The first-order valence-electron chi connectivity index (χ1n) is 14.1. The van der Waals surface area contributed by atoms with Gasteiger partial charge < -0.3 is 14.8 Å². The second kappa shape index (κ2) is 10.1. The van der Waals surface area contributed by atoms with Crippen LogP contribution in [0.2, 0.25) is 0 Å². The number of ketones is 2. The van der Waals surface area contributed by atoms with Crippen molar-refractivity contribution >= 4 is 17.5 Å². The van der Waals surface area contributed by atoms with Gasteiger partial charge in [0.05, 0.1) is 6.54 Å². The summed E-state index contributed by atoms with van der Waals surface area (Å²) in [6, 6.07) is 0. The average molecular weight is 488 g/mol. The highest BCUT2D eigenvalue weighted by Gasteiger charge is 2.87. The lowest BCUT2D eigenvalue weighted by molar-refractivity contribution is -0.699. The van der Waals surface area contributed by atoms with Gasteiger partial charge in [0.2, 0.25) is 0 Å². The number of hydrogen-bond donors (Lipinski definition) is 2. The van der Waals surface area contributed by atoms with Gasteiger partial charge in [-0.15, -0.1) is 0 Å². The lowest BCUT2D eigenvalue weighted by Gasteiger charge is -2.37. The predicted octanol–water partition coefficient (Wildman–Crippen LogP) is 2.70. The highest BCUT2D eigenvalue weighted by Crippen LogP contribution is 2.61. The van der Waals surface area contributed by atoms with Crippen molar-refractivity contribution in [1.29, 1.82) is 0 Å². The van der Waals surface area contributed by atoms with Crippen LogP contribution in [-0.2, 0) is 23.9 Å². The molecule has 5 rings (SSSR count). The van der Waals surface area contributed by atoms with Crippen molar-refractivity contribution in [1.82, 2.24) is 0 Å². The Hall–Kier alpha value is -1.57. The maximum absolute atomic E-state index is 13.8. The lowest BCUT2D eigenvalue weighted by atomic mass is 9.61. The number of carbonyl (C=O) groups is 3. The third-order valence-corrected chi connectivity index (χ3v) is 9.49. The number of allylic oxidation sites excluding steroid dienone is 1. The van der Waals surface area contributed by atoms with E-state index in [0.29, 0.717) is 12.3 Å². The van der Waals surface area contributed by atoms with Crippen molar-refractivity contribution in [2.75, 3.05) is 6.54 Å². The molecule has 0 aromatic heterocycles. The largest absolute Gasteiger partial charge is 0.460 e. The minimum absolute atomic E-state index is 0.0414. The predicted molar refractivity (Wildman–Crippen MR) is 130 cm³/mol. The monoisotopic (exact) mass is 487 g/mol. The summed E-state index contributed by atoms with van der Waals surface area (Å²) >= 11 is 0. The van der Waals surface area contributed by atoms with E-state index >= 15 is 0 Å². The summed E-state index contributed by atoms with van der Waals surface area (Å²) in [4.78, 5) is 41.1. The molecular weight excluding hydrogens is 444 g/mol. The molecule has 5 fully saturated rings. The first-order valence-corrected chi connectivity index (χ1v) is 14.1. The van der Waals surface area contributed by atoms with E-state index in [0.717, 1.165) is 77.2 Å². The summed E-state index contributed by atoms with van der Waals surface area (Å²) in [7, 11) is 0. The Morgan fingerprint density at radius 2 is 1.74 bits per heavy atom. The zero-order valence-electron chi connectivity index (χ0n) is 21.3. The number of epoxide rings is 1. The number of piperidine rings is 1. The molecule has 0 radical (unpaired) electrons. The van der Waals surface area contributed by atoms with Gasteiger partial charge in [-0.25, -0.2) is 4.79 Å². The van der Waals surface area contributed by atoms with E-state index in [1.165, 1.54) is 12.0 Å². The SMILES string of the molecule is CC(=CCC12OC1(C(=O)OC1CCCCC1)C(=O)C1CCCCC1C2=O)CCC1CC[NH2+]C(N)C1. The van der Waals surface area contributed by atoms with E-state index in [2.05, 4.69) is 12.2 Å². The molecule has 3 aliphatic carbocycles. The molecule has 2 aliphatic heterocycles. The Morgan fingerprint density at radius 3 is 2.46 bits per heavy atom. The molecule has 5 aliphatic rings. The summed E-state index contributed by atoms with van der Waals surface area (Å²) in [6.45, 7) is 3.16. The molecule has 0 spiro atoms. The number of ether oxygens (including phenoxy) is 2. The fourth-order valence-corrected chi connectivity index (χ4v) is 7.30. The standard InChI is InChI=1S/C28H42N2O5/c1-18(11-12-19-14-16-30-23(29)17-19)13-15-27-24(31)21-9-5-6-10-22(21)25(32)28(27,35-27)26(33)34-20-7-3-2-4-8-20/h13,19-23,30H,2-12,14-17,29H2,1H3/p+1. The van der Waals surface area contributed by atoms with E-state index in [1.54, 1.807) is 0 Å². The molecule has 4 N–H and O–H groups in total. The van der Waals surface area contributed by atoms with Gasteiger partial charge in [0.25, 0.3) is 5.60 Å². The van der Waals surface area contributed by atoms with Crippen LogP contribution in [0.5, 0.6) is 0 Å². The molecule has 6 atom stereocenters. The van der Waals surface area contributed by atoms with Crippen LogP contribution in [0.4, 0.5) is 0 Å².